The van der Waals surface area contributed by atoms with Gasteiger partial charge >= 0.3 is 0 Å². The van der Waals surface area contributed by atoms with Crippen LogP contribution in [0.25, 0.3) is 0 Å². The first-order valence-electron chi connectivity index (χ1n) is 4.65. The van der Waals surface area contributed by atoms with E-state index < -0.39 is 0 Å². The van der Waals surface area contributed by atoms with Gasteiger partial charge in [-0.1, -0.05) is 26.0 Å². The van der Waals surface area contributed by atoms with Gasteiger partial charge in [0.2, 0.25) is 0 Å². The van der Waals surface area contributed by atoms with Gasteiger partial charge in [-0.3, -0.25) is 0 Å². The highest BCUT2D eigenvalue weighted by Gasteiger charge is 2.24. The molecule has 0 aromatic carbocycles. The molecule has 0 fully saturated rings. The van der Waals surface area contributed by atoms with E-state index in [-0.39, 0.29) is 18.6 Å². The second kappa shape index (κ2) is 4.06. The van der Waals surface area contributed by atoms with Crippen LogP contribution in [0, 0.1) is 0 Å². The molecule has 0 aliphatic rings. The van der Waals surface area contributed by atoms with Gasteiger partial charge in [0.1, 0.15) is 5.69 Å². The molecule has 0 amide bonds. The van der Waals surface area contributed by atoms with Crippen molar-refractivity contribution in [3.63, 3.8) is 0 Å². The smallest absolute Gasteiger partial charge is 0.112 e. The lowest BCUT2D eigenvalue weighted by Gasteiger charge is -2.20. The van der Waals surface area contributed by atoms with Crippen molar-refractivity contribution in [2.24, 2.45) is 0 Å². The predicted molar refractivity (Wildman–Crippen MR) is 51.7 cm³/mol. The summed E-state index contributed by atoms with van der Waals surface area (Å²) in [5.41, 5.74) is 1.34. The lowest BCUT2D eigenvalue weighted by molar-refractivity contribution is 0.260. The monoisotopic (exact) mass is 199 g/mol. The van der Waals surface area contributed by atoms with Crippen molar-refractivity contribution in [2.45, 2.75) is 39.3 Å². The Kier molecular flexibility index (Phi) is 3.23. The van der Waals surface area contributed by atoms with Crippen LogP contribution in [0.4, 0.5) is 0 Å². The van der Waals surface area contributed by atoms with Gasteiger partial charge in [0.15, 0.2) is 0 Å². The van der Waals surface area contributed by atoms with E-state index in [0.29, 0.717) is 12.2 Å². The molecule has 1 aromatic heterocycles. The third kappa shape index (κ3) is 2.10. The van der Waals surface area contributed by atoms with Gasteiger partial charge in [0, 0.05) is 5.41 Å². The SMILES string of the molecule is CC(C)(C)c1c(CO)nnn1CCO. The highest BCUT2D eigenvalue weighted by atomic mass is 16.3. The fraction of sp³-hybridized carbons (Fsp3) is 0.778. The number of hydrogen-bond donors (Lipinski definition) is 2. The summed E-state index contributed by atoms with van der Waals surface area (Å²) in [4.78, 5) is 0. The lowest BCUT2D eigenvalue weighted by Crippen LogP contribution is -2.21. The van der Waals surface area contributed by atoms with Gasteiger partial charge in [-0.15, -0.1) is 5.10 Å². The van der Waals surface area contributed by atoms with Crippen molar-refractivity contribution in [3.8, 4) is 0 Å². The molecule has 2 N–H and O–H groups in total. The fourth-order valence-electron chi connectivity index (χ4n) is 1.53. The zero-order valence-corrected chi connectivity index (χ0v) is 8.86. The maximum Gasteiger partial charge on any atom is 0.112 e. The summed E-state index contributed by atoms with van der Waals surface area (Å²) in [5.74, 6) is 0. The van der Waals surface area contributed by atoms with Crippen LogP contribution in [0.5, 0.6) is 0 Å². The quantitative estimate of drug-likeness (QED) is 0.722. The number of rotatable bonds is 3. The summed E-state index contributed by atoms with van der Waals surface area (Å²) in [7, 11) is 0. The van der Waals surface area contributed by atoms with E-state index in [1.165, 1.54) is 0 Å². The number of hydrogen-bond acceptors (Lipinski definition) is 4. The van der Waals surface area contributed by atoms with E-state index in [9.17, 15) is 0 Å². The Bertz CT molecular complexity index is 301. The summed E-state index contributed by atoms with van der Waals surface area (Å²) >= 11 is 0. The number of nitrogens with zero attached hydrogens (tertiary/aromatic N) is 3. The Hall–Kier alpha value is -0.940. The first-order valence-corrected chi connectivity index (χ1v) is 4.65. The molecule has 5 nitrogen and oxygen atoms in total. The third-order valence-electron chi connectivity index (χ3n) is 1.98. The normalized spacial score (nSPS) is 12.1. The number of aliphatic hydroxyl groups is 2. The molecule has 80 valence electrons. The highest BCUT2D eigenvalue weighted by molar-refractivity contribution is 5.18. The molecule has 0 saturated carbocycles. The van der Waals surface area contributed by atoms with Crippen molar-refractivity contribution in [1.82, 2.24) is 15.0 Å². The molecule has 5 heteroatoms. The second-order valence-electron chi connectivity index (χ2n) is 4.24. The van der Waals surface area contributed by atoms with E-state index in [0.717, 1.165) is 5.69 Å². The molecular formula is C9H17N3O2. The van der Waals surface area contributed by atoms with Crippen LogP contribution in [-0.4, -0.2) is 31.8 Å². The van der Waals surface area contributed by atoms with E-state index in [2.05, 4.69) is 10.3 Å². The van der Waals surface area contributed by atoms with Gasteiger partial charge < -0.3 is 10.2 Å². The molecule has 0 bridgehead atoms. The van der Waals surface area contributed by atoms with Crippen LogP contribution in [0.15, 0.2) is 0 Å². The van der Waals surface area contributed by atoms with E-state index >= 15 is 0 Å². The van der Waals surface area contributed by atoms with Gasteiger partial charge in [-0.2, -0.15) is 0 Å². The molecule has 0 spiro atoms. The van der Waals surface area contributed by atoms with Gasteiger partial charge in [0.05, 0.1) is 25.5 Å². The summed E-state index contributed by atoms with van der Waals surface area (Å²) in [6.07, 6.45) is 0. The summed E-state index contributed by atoms with van der Waals surface area (Å²) in [6, 6.07) is 0. The van der Waals surface area contributed by atoms with Gasteiger partial charge in [0.25, 0.3) is 0 Å². The number of aliphatic hydroxyl groups excluding tert-OH is 2. The molecule has 0 atom stereocenters. The Morgan fingerprint density at radius 2 is 1.93 bits per heavy atom. The third-order valence-corrected chi connectivity index (χ3v) is 1.98. The molecule has 0 unspecified atom stereocenters. The van der Waals surface area contributed by atoms with Crippen LogP contribution in [-0.2, 0) is 18.6 Å². The van der Waals surface area contributed by atoms with Crippen LogP contribution in [0.3, 0.4) is 0 Å². The maximum absolute atomic E-state index is 9.08. The molecular weight excluding hydrogens is 182 g/mol. The molecule has 0 aliphatic carbocycles. The summed E-state index contributed by atoms with van der Waals surface area (Å²) < 4.78 is 1.64. The van der Waals surface area contributed by atoms with Crippen LogP contribution < -0.4 is 0 Å². The van der Waals surface area contributed by atoms with Gasteiger partial charge in [-0.05, 0) is 0 Å². The summed E-state index contributed by atoms with van der Waals surface area (Å²) in [6.45, 7) is 6.41. The number of aromatic nitrogens is 3. The first kappa shape index (κ1) is 11.1. The topological polar surface area (TPSA) is 71.2 Å². The Labute approximate surface area is 83.4 Å². The van der Waals surface area contributed by atoms with E-state index in [1.807, 2.05) is 20.8 Å². The van der Waals surface area contributed by atoms with Gasteiger partial charge in [-0.25, -0.2) is 4.68 Å². The molecule has 1 aromatic rings. The molecule has 14 heavy (non-hydrogen) atoms. The Morgan fingerprint density at radius 1 is 1.29 bits per heavy atom. The predicted octanol–water partition coefficient (Wildman–Crippen LogP) is 0.0602. The van der Waals surface area contributed by atoms with Crippen molar-refractivity contribution in [2.75, 3.05) is 6.61 Å². The van der Waals surface area contributed by atoms with Crippen molar-refractivity contribution in [1.29, 1.82) is 0 Å². The molecule has 1 rings (SSSR count). The first-order chi connectivity index (χ1) is 6.50. The lowest BCUT2D eigenvalue weighted by atomic mass is 9.90. The average Bonchev–Trinajstić information content (AvgIpc) is 2.47. The zero-order valence-electron chi connectivity index (χ0n) is 8.86. The highest BCUT2D eigenvalue weighted by Crippen LogP contribution is 2.24. The minimum Gasteiger partial charge on any atom is -0.394 e. The van der Waals surface area contributed by atoms with Crippen LogP contribution in [0.1, 0.15) is 32.2 Å². The van der Waals surface area contributed by atoms with E-state index in [1.54, 1.807) is 4.68 Å². The Morgan fingerprint density at radius 3 is 2.36 bits per heavy atom. The van der Waals surface area contributed by atoms with Crippen molar-refractivity contribution < 1.29 is 10.2 Å². The van der Waals surface area contributed by atoms with Crippen molar-refractivity contribution >= 4 is 0 Å². The molecule has 0 aliphatic heterocycles. The molecule has 1 heterocycles. The summed E-state index contributed by atoms with van der Waals surface area (Å²) in [5, 5.41) is 25.7. The standard InChI is InChI=1S/C9H17N3O2/c1-9(2,3)8-7(6-14)10-11-12(8)4-5-13/h13-14H,4-6H2,1-3H3. The minimum atomic E-state index is -0.128. The fourth-order valence-corrected chi connectivity index (χ4v) is 1.53. The molecule has 0 saturated heterocycles. The second-order valence-corrected chi connectivity index (χ2v) is 4.24. The maximum atomic E-state index is 9.08. The minimum absolute atomic E-state index is 0.0251. The van der Waals surface area contributed by atoms with Crippen LogP contribution in [0.2, 0.25) is 0 Å². The van der Waals surface area contributed by atoms with E-state index in [4.69, 9.17) is 10.2 Å². The van der Waals surface area contributed by atoms with Crippen LogP contribution >= 0.6 is 0 Å². The largest absolute Gasteiger partial charge is 0.394 e. The zero-order chi connectivity index (χ0) is 10.8. The Balaban J connectivity index is 3.13. The van der Waals surface area contributed by atoms with Crippen molar-refractivity contribution in [3.05, 3.63) is 11.4 Å². The average molecular weight is 199 g/mol. The molecule has 0 radical (unpaired) electrons.